The van der Waals surface area contributed by atoms with Crippen LogP contribution in [0.3, 0.4) is 0 Å². The lowest BCUT2D eigenvalue weighted by Gasteiger charge is -2.41. The van der Waals surface area contributed by atoms with Gasteiger partial charge >= 0.3 is 0 Å². The highest BCUT2D eigenvalue weighted by atomic mass is 16.5. The molecule has 0 unspecified atom stereocenters. The Morgan fingerprint density at radius 3 is 2.58 bits per heavy atom. The minimum atomic E-state index is -0.00626. The maximum Gasteiger partial charge on any atom is 0.163 e. The maximum atomic E-state index is 12.5. The van der Waals surface area contributed by atoms with Crippen LogP contribution < -0.4 is 0 Å². The van der Waals surface area contributed by atoms with Crippen LogP contribution in [0.2, 0.25) is 0 Å². The monoisotopic (exact) mass is 331 g/mol. The molecule has 1 fully saturated rings. The molecule has 134 valence electrons. The number of benzene rings is 1. The largest absolute Gasteiger partial charge is 0.375 e. The van der Waals surface area contributed by atoms with Crippen LogP contribution in [0.5, 0.6) is 0 Å². The van der Waals surface area contributed by atoms with Gasteiger partial charge in [-0.1, -0.05) is 37.6 Å². The number of ketones is 1. The Hall–Kier alpha value is -1.19. The number of hydrogen-bond donors (Lipinski definition) is 0. The second kappa shape index (κ2) is 9.33. The molecule has 3 nitrogen and oxygen atoms in total. The lowest BCUT2D eigenvalue weighted by molar-refractivity contribution is -0.0879. The lowest BCUT2D eigenvalue weighted by Crippen LogP contribution is -2.45. The smallest absolute Gasteiger partial charge is 0.163 e. The molecule has 0 aliphatic carbocycles. The van der Waals surface area contributed by atoms with Crippen molar-refractivity contribution in [2.24, 2.45) is 0 Å². The van der Waals surface area contributed by atoms with E-state index in [1.165, 1.54) is 6.42 Å². The summed E-state index contributed by atoms with van der Waals surface area (Å²) in [5.41, 5.74) is 1.95. The molecule has 0 saturated carbocycles. The first-order chi connectivity index (χ1) is 11.6. The molecule has 0 spiro atoms. The Labute approximate surface area is 147 Å². The van der Waals surface area contributed by atoms with Crippen molar-refractivity contribution in [3.8, 4) is 0 Å². The van der Waals surface area contributed by atoms with Gasteiger partial charge in [-0.2, -0.15) is 0 Å². The van der Waals surface area contributed by atoms with Crippen molar-refractivity contribution in [2.45, 2.75) is 64.4 Å². The Morgan fingerprint density at radius 1 is 1.21 bits per heavy atom. The normalized spacial score (nSPS) is 17.8. The first-order valence-corrected chi connectivity index (χ1v) is 9.48. The fourth-order valence-corrected chi connectivity index (χ4v) is 3.52. The van der Waals surface area contributed by atoms with Gasteiger partial charge in [0.25, 0.3) is 0 Å². The molecule has 1 saturated heterocycles. The predicted molar refractivity (Wildman–Crippen MR) is 99.7 cm³/mol. The summed E-state index contributed by atoms with van der Waals surface area (Å²) in [7, 11) is 2.18. The molecular weight excluding hydrogens is 298 g/mol. The van der Waals surface area contributed by atoms with Crippen molar-refractivity contribution < 1.29 is 9.53 Å². The molecular formula is C21H33NO2. The van der Waals surface area contributed by atoms with Gasteiger partial charge in [-0.25, -0.2) is 0 Å². The second-order valence-corrected chi connectivity index (χ2v) is 7.28. The van der Waals surface area contributed by atoms with Gasteiger partial charge in [0.2, 0.25) is 0 Å². The summed E-state index contributed by atoms with van der Waals surface area (Å²) in [5, 5.41) is 0. The number of aryl methyl sites for hydroxylation is 1. The van der Waals surface area contributed by atoms with E-state index in [2.05, 4.69) is 18.9 Å². The predicted octanol–water partition coefficient (Wildman–Crippen LogP) is 4.63. The van der Waals surface area contributed by atoms with E-state index in [0.29, 0.717) is 6.42 Å². The zero-order chi connectivity index (χ0) is 17.4. The molecule has 1 aliphatic rings. The molecule has 2 rings (SSSR count). The molecule has 1 heterocycles. The van der Waals surface area contributed by atoms with E-state index in [9.17, 15) is 4.79 Å². The highest BCUT2D eigenvalue weighted by Crippen LogP contribution is 2.32. The van der Waals surface area contributed by atoms with Crippen LogP contribution in [0.15, 0.2) is 24.3 Å². The summed E-state index contributed by atoms with van der Waals surface area (Å²) in [6.07, 6.45) is 7.02. The number of unbranched alkanes of at least 4 members (excludes halogenated alkanes) is 1. The number of nitrogens with zero attached hydrogens (tertiary/aromatic N) is 1. The average Bonchev–Trinajstić information content (AvgIpc) is 2.58. The van der Waals surface area contributed by atoms with Crippen LogP contribution in [0.25, 0.3) is 0 Å². The van der Waals surface area contributed by atoms with Gasteiger partial charge in [0.05, 0.1) is 5.60 Å². The Bertz CT molecular complexity index is 518. The zero-order valence-corrected chi connectivity index (χ0v) is 15.6. The number of carbonyl (C=O) groups is 1. The van der Waals surface area contributed by atoms with Crippen LogP contribution in [0.4, 0.5) is 0 Å². The number of piperidine rings is 1. The van der Waals surface area contributed by atoms with Gasteiger partial charge < -0.3 is 9.64 Å². The van der Waals surface area contributed by atoms with Crippen molar-refractivity contribution in [3.63, 3.8) is 0 Å². The van der Waals surface area contributed by atoms with E-state index in [0.717, 1.165) is 62.9 Å². The third kappa shape index (κ3) is 5.42. The maximum absolute atomic E-state index is 12.5. The minimum absolute atomic E-state index is 0.00626. The summed E-state index contributed by atoms with van der Waals surface area (Å²) in [6, 6.07) is 7.90. The zero-order valence-electron chi connectivity index (χ0n) is 15.6. The topological polar surface area (TPSA) is 29.5 Å². The SMILES string of the molecule is CCCCOC1(CCCC(=O)c2ccccc2C)CCN(C)CC1. The van der Waals surface area contributed by atoms with Gasteiger partial charge in [-0.3, -0.25) is 4.79 Å². The fourth-order valence-electron chi connectivity index (χ4n) is 3.52. The van der Waals surface area contributed by atoms with E-state index in [1.54, 1.807) is 0 Å². The van der Waals surface area contributed by atoms with Crippen LogP contribution in [-0.4, -0.2) is 43.0 Å². The van der Waals surface area contributed by atoms with Crippen molar-refractivity contribution in [1.82, 2.24) is 4.90 Å². The van der Waals surface area contributed by atoms with E-state index in [1.807, 2.05) is 31.2 Å². The third-order valence-corrected chi connectivity index (χ3v) is 5.29. The van der Waals surface area contributed by atoms with Crippen molar-refractivity contribution in [3.05, 3.63) is 35.4 Å². The van der Waals surface area contributed by atoms with Crippen LogP contribution >= 0.6 is 0 Å². The van der Waals surface area contributed by atoms with Crippen molar-refractivity contribution in [2.75, 3.05) is 26.7 Å². The van der Waals surface area contributed by atoms with E-state index in [-0.39, 0.29) is 11.4 Å². The van der Waals surface area contributed by atoms with E-state index in [4.69, 9.17) is 4.74 Å². The van der Waals surface area contributed by atoms with Crippen LogP contribution in [0.1, 0.15) is 67.8 Å². The Balaban J connectivity index is 1.88. The molecule has 0 N–H and O–H groups in total. The highest BCUT2D eigenvalue weighted by Gasteiger charge is 2.34. The Morgan fingerprint density at radius 2 is 1.92 bits per heavy atom. The van der Waals surface area contributed by atoms with E-state index < -0.39 is 0 Å². The molecule has 0 atom stereocenters. The quantitative estimate of drug-likeness (QED) is 0.488. The number of Topliss-reactive ketones (excluding diaryl/α,β-unsaturated/α-hetero) is 1. The number of likely N-dealkylation sites (tertiary alicyclic amines) is 1. The van der Waals surface area contributed by atoms with Crippen LogP contribution in [-0.2, 0) is 4.74 Å². The molecule has 3 heteroatoms. The standard InChI is InChI=1S/C21H33NO2/c1-4-5-17-24-21(13-15-22(3)16-14-21)12-8-11-20(23)19-10-7-6-9-18(19)2/h6-7,9-10H,4-5,8,11-17H2,1-3H3. The second-order valence-electron chi connectivity index (χ2n) is 7.28. The number of carbonyl (C=O) groups excluding carboxylic acids is 1. The average molecular weight is 332 g/mol. The minimum Gasteiger partial charge on any atom is -0.375 e. The molecule has 24 heavy (non-hydrogen) atoms. The van der Waals surface area contributed by atoms with Gasteiger partial charge in [-0.15, -0.1) is 0 Å². The lowest BCUT2D eigenvalue weighted by atomic mass is 9.85. The fraction of sp³-hybridized carbons (Fsp3) is 0.667. The summed E-state index contributed by atoms with van der Waals surface area (Å²) >= 11 is 0. The highest BCUT2D eigenvalue weighted by molar-refractivity contribution is 5.97. The van der Waals surface area contributed by atoms with Gasteiger partial charge in [-0.05, 0) is 51.6 Å². The van der Waals surface area contributed by atoms with Crippen LogP contribution in [0, 0.1) is 6.92 Å². The van der Waals surface area contributed by atoms with Crippen molar-refractivity contribution >= 4 is 5.78 Å². The molecule has 0 aromatic heterocycles. The summed E-state index contributed by atoms with van der Waals surface area (Å²) in [6.45, 7) is 7.26. The number of ether oxygens (including phenoxy) is 1. The molecule has 0 bridgehead atoms. The van der Waals surface area contributed by atoms with Gasteiger partial charge in [0.1, 0.15) is 0 Å². The third-order valence-electron chi connectivity index (χ3n) is 5.29. The first kappa shape index (κ1) is 19.1. The molecule has 0 radical (unpaired) electrons. The molecule has 1 aliphatic heterocycles. The van der Waals surface area contributed by atoms with Gasteiger partial charge in [0, 0.05) is 31.7 Å². The summed E-state index contributed by atoms with van der Waals surface area (Å²) in [5.74, 6) is 0.268. The number of rotatable bonds is 9. The molecule has 1 aromatic rings. The molecule has 0 amide bonds. The van der Waals surface area contributed by atoms with Crippen molar-refractivity contribution in [1.29, 1.82) is 0 Å². The van der Waals surface area contributed by atoms with Gasteiger partial charge in [0.15, 0.2) is 5.78 Å². The summed E-state index contributed by atoms with van der Waals surface area (Å²) in [4.78, 5) is 14.8. The number of hydrogen-bond acceptors (Lipinski definition) is 3. The van der Waals surface area contributed by atoms with E-state index >= 15 is 0 Å². The first-order valence-electron chi connectivity index (χ1n) is 9.48. The Kier molecular flexibility index (Phi) is 7.44. The summed E-state index contributed by atoms with van der Waals surface area (Å²) < 4.78 is 6.33. The molecule has 1 aromatic carbocycles.